The molecule has 3 heterocycles. The summed E-state index contributed by atoms with van der Waals surface area (Å²) in [6, 6.07) is 8.54. The average Bonchev–Trinajstić information content (AvgIpc) is 3.66. The van der Waals surface area contributed by atoms with Crippen LogP contribution in [0.15, 0.2) is 24.3 Å². The van der Waals surface area contributed by atoms with Crippen LogP contribution in [0.4, 0.5) is 5.82 Å². The third kappa shape index (κ3) is 3.72. The summed E-state index contributed by atoms with van der Waals surface area (Å²) in [6.07, 6.45) is 8.35. The molecule has 2 aliphatic heterocycles. The van der Waals surface area contributed by atoms with Crippen molar-refractivity contribution in [3.63, 3.8) is 0 Å². The van der Waals surface area contributed by atoms with Crippen LogP contribution in [-0.2, 0) is 9.59 Å². The van der Waals surface area contributed by atoms with Crippen LogP contribution >= 0.6 is 11.5 Å². The number of rotatable bonds is 5. The van der Waals surface area contributed by atoms with E-state index in [-0.39, 0.29) is 23.7 Å². The van der Waals surface area contributed by atoms with Crippen LogP contribution in [0.25, 0.3) is 10.1 Å². The number of nitrogens with zero attached hydrogens (tertiary/aromatic N) is 4. The van der Waals surface area contributed by atoms with Crippen molar-refractivity contribution in [2.75, 3.05) is 44.2 Å². The molecule has 2 saturated heterocycles. The van der Waals surface area contributed by atoms with Crippen LogP contribution in [-0.4, -0.2) is 65.3 Å². The molecule has 7 rings (SSSR count). The molecule has 1 aromatic heterocycles. The molecule has 6 nitrogen and oxygen atoms in total. The predicted molar refractivity (Wildman–Crippen MR) is 138 cm³/mol. The highest BCUT2D eigenvalue weighted by Crippen LogP contribution is 2.56. The van der Waals surface area contributed by atoms with Crippen molar-refractivity contribution in [1.29, 1.82) is 0 Å². The predicted octanol–water partition coefficient (Wildman–Crippen LogP) is 4.26. The standard InChI is InChI=1S/C28H36N4O2S/c33-27-24-18-9-10-19(15-18)25(24)28(34)32(27)17-21-6-2-1-5-20(21)16-30-11-13-31(14-12-30)26-22-7-3-4-8-23(22)35-29-26/h3-4,7-8,18-21,24-25H,1-2,5-6,9-17H2/t18-,19+,20?,21-,24?,25?/m1/s1. The minimum atomic E-state index is 0.0261. The Labute approximate surface area is 211 Å². The van der Waals surface area contributed by atoms with E-state index in [0.29, 0.717) is 30.2 Å². The minimum Gasteiger partial charge on any atom is -0.353 e. The minimum absolute atomic E-state index is 0.0261. The Kier molecular flexibility index (Phi) is 5.61. The lowest BCUT2D eigenvalue weighted by Crippen LogP contribution is -2.49. The van der Waals surface area contributed by atoms with E-state index >= 15 is 0 Å². The highest BCUT2D eigenvalue weighted by atomic mass is 32.1. The highest BCUT2D eigenvalue weighted by molar-refractivity contribution is 7.13. The number of piperazine rings is 1. The fraction of sp³-hybridized carbons (Fsp3) is 0.679. The number of amides is 2. The highest BCUT2D eigenvalue weighted by Gasteiger charge is 2.61. The third-order valence-corrected chi connectivity index (χ3v) is 10.8. The summed E-state index contributed by atoms with van der Waals surface area (Å²) in [6.45, 7) is 5.93. The lowest BCUT2D eigenvalue weighted by molar-refractivity contribution is -0.142. The van der Waals surface area contributed by atoms with Crippen LogP contribution < -0.4 is 4.90 Å². The first-order valence-electron chi connectivity index (χ1n) is 13.8. The van der Waals surface area contributed by atoms with Crippen molar-refractivity contribution < 1.29 is 9.59 Å². The van der Waals surface area contributed by atoms with Gasteiger partial charge in [0.1, 0.15) is 5.82 Å². The van der Waals surface area contributed by atoms with Crippen molar-refractivity contribution in [3.05, 3.63) is 24.3 Å². The number of fused-ring (bicyclic) bond motifs is 6. The molecule has 1 aromatic carbocycles. The number of carbonyl (C=O) groups is 2. The summed E-state index contributed by atoms with van der Waals surface area (Å²) < 4.78 is 6.02. The van der Waals surface area contributed by atoms with E-state index < -0.39 is 0 Å². The molecule has 5 fully saturated rings. The number of benzene rings is 1. The Hall–Kier alpha value is -1.99. The zero-order valence-electron chi connectivity index (χ0n) is 20.5. The van der Waals surface area contributed by atoms with Gasteiger partial charge in [0.15, 0.2) is 0 Å². The fourth-order valence-corrected chi connectivity index (χ4v) is 9.02. The maximum Gasteiger partial charge on any atom is 0.233 e. The van der Waals surface area contributed by atoms with E-state index in [1.54, 1.807) is 16.4 Å². The lowest BCUT2D eigenvalue weighted by Gasteiger charge is -2.40. The number of hydrogen-bond acceptors (Lipinski definition) is 6. The van der Waals surface area contributed by atoms with Gasteiger partial charge in [-0.15, -0.1) is 0 Å². The van der Waals surface area contributed by atoms with Gasteiger partial charge < -0.3 is 4.90 Å². The molecular formula is C28H36N4O2S. The number of imide groups is 1. The second-order valence-electron chi connectivity index (χ2n) is 11.8. The van der Waals surface area contributed by atoms with Gasteiger partial charge in [-0.25, -0.2) is 0 Å². The monoisotopic (exact) mass is 492 g/mol. The first kappa shape index (κ1) is 22.2. The summed E-state index contributed by atoms with van der Waals surface area (Å²) in [4.78, 5) is 33.4. The first-order chi connectivity index (χ1) is 17.2. The van der Waals surface area contributed by atoms with Crippen molar-refractivity contribution in [3.8, 4) is 0 Å². The summed E-state index contributed by atoms with van der Waals surface area (Å²) >= 11 is 1.60. The third-order valence-electron chi connectivity index (χ3n) is 10.0. The molecule has 3 aliphatic carbocycles. The molecule has 0 radical (unpaired) electrons. The van der Waals surface area contributed by atoms with Crippen LogP contribution in [0, 0.1) is 35.5 Å². The zero-order valence-corrected chi connectivity index (χ0v) is 21.3. The van der Waals surface area contributed by atoms with E-state index in [9.17, 15) is 9.59 Å². The molecule has 3 saturated carbocycles. The second-order valence-corrected chi connectivity index (χ2v) is 12.6. The van der Waals surface area contributed by atoms with Gasteiger partial charge in [0.25, 0.3) is 0 Å². The van der Waals surface area contributed by atoms with Crippen molar-refractivity contribution >= 4 is 39.3 Å². The molecule has 2 aromatic rings. The molecule has 35 heavy (non-hydrogen) atoms. The van der Waals surface area contributed by atoms with E-state index in [2.05, 4.69) is 34.1 Å². The van der Waals surface area contributed by atoms with E-state index in [1.165, 1.54) is 29.3 Å². The molecule has 3 unspecified atom stereocenters. The summed E-state index contributed by atoms with van der Waals surface area (Å²) in [5.41, 5.74) is 0. The van der Waals surface area contributed by atoms with E-state index in [4.69, 9.17) is 4.37 Å². The van der Waals surface area contributed by atoms with E-state index in [0.717, 1.165) is 64.2 Å². The number of carbonyl (C=O) groups excluding carboxylic acids is 2. The van der Waals surface area contributed by atoms with Gasteiger partial charge in [0, 0.05) is 44.7 Å². The second kappa shape index (κ2) is 8.84. The van der Waals surface area contributed by atoms with Crippen molar-refractivity contribution in [2.24, 2.45) is 35.5 Å². The van der Waals surface area contributed by atoms with E-state index in [1.807, 2.05) is 0 Å². The van der Waals surface area contributed by atoms with Gasteiger partial charge in [-0.3, -0.25) is 19.4 Å². The topological polar surface area (TPSA) is 56.8 Å². The lowest BCUT2D eigenvalue weighted by atomic mass is 9.78. The van der Waals surface area contributed by atoms with Gasteiger partial charge in [0.05, 0.1) is 16.5 Å². The summed E-state index contributed by atoms with van der Waals surface area (Å²) in [5, 5.41) is 1.27. The van der Waals surface area contributed by atoms with Gasteiger partial charge in [-0.1, -0.05) is 25.0 Å². The van der Waals surface area contributed by atoms with Crippen LogP contribution in [0.1, 0.15) is 44.9 Å². The Morgan fingerprint density at radius 2 is 1.49 bits per heavy atom. The molecule has 2 amide bonds. The van der Waals surface area contributed by atoms with Gasteiger partial charge in [-0.2, -0.15) is 4.37 Å². The fourth-order valence-electron chi connectivity index (χ4n) is 8.22. The maximum atomic E-state index is 13.3. The quantitative estimate of drug-likeness (QED) is 0.584. The number of likely N-dealkylation sites (tertiary alicyclic amines) is 1. The van der Waals surface area contributed by atoms with Gasteiger partial charge in [-0.05, 0) is 79.4 Å². The molecule has 186 valence electrons. The largest absolute Gasteiger partial charge is 0.353 e. The van der Waals surface area contributed by atoms with Crippen molar-refractivity contribution in [1.82, 2.24) is 14.2 Å². The molecule has 0 N–H and O–H groups in total. The smallest absolute Gasteiger partial charge is 0.233 e. The molecule has 5 aliphatic rings. The molecule has 2 bridgehead atoms. The summed E-state index contributed by atoms with van der Waals surface area (Å²) in [5.74, 6) is 3.59. The number of aromatic nitrogens is 1. The van der Waals surface area contributed by atoms with Gasteiger partial charge >= 0.3 is 0 Å². The molecule has 6 atom stereocenters. The van der Waals surface area contributed by atoms with Crippen LogP contribution in [0.5, 0.6) is 0 Å². The van der Waals surface area contributed by atoms with Crippen molar-refractivity contribution in [2.45, 2.75) is 44.9 Å². The Morgan fingerprint density at radius 1 is 0.829 bits per heavy atom. The average molecular weight is 493 g/mol. The van der Waals surface area contributed by atoms with Crippen LogP contribution in [0.2, 0.25) is 0 Å². The number of anilines is 1. The molecular weight excluding hydrogens is 456 g/mol. The Morgan fingerprint density at radius 3 is 2.20 bits per heavy atom. The van der Waals surface area contributed by atoms with Crippen LogP contribution in [0.3, 0.4) is 0 Å². The SMILES string of the molecule is O=C1C2C(C(=O)N1C[C@H]1CCCCC1CN1CCN(c3nsc4ccccc34)CC1)[C@H]1CC[C@@H]2C1. The zero-order chi connectivity index (χ0) is 23.5. The normalized spacial score (nSPS) is 35.4. The molecule has 0 spiro atoms. The first-order valence-corrected chi connectivity index (χ1v) is 14.6. The van der Waals surface area contributed by atoms with Gasteiger partial charge in [0.2, 0.25) is 11.8 Å². The Balaban J connectivity index is 0.986. The Bertz CT molecular complexity index is 1100. The number of hydrogen-bond donors (Lipinski definition) is 0. The molecule has 7 heteroatoms. The summed E-state index contributed by atoms with van der Waals surface area (Å²) in [7, 11) is 0. The maximum absolute atomic E-state index is 13.3.